The third kappa shape index (κ3) is 7.92. The molecule has 0 radical (unpaired) electrons. The molecule has 1 N–H and O–H groups in total. The van der Waals surface area contributed by atoms with Gasteiger partial charge in [0.1, 0.15) is 11.8 Å². The fourth-order valence-corrected chi connectivity index (χ4v) is 3.77. The fraction of sp³-hybridized carbons (Fsp3) is 0.500. The smallest absolute Gasteiger partial charge is 0.261 e. The standard InChI is InChI=1S/C28H40N2O3/c1-7-21(3)29-27(32)24(8-2)30(19-18-22-14-10-9-11-15-22)26(31)20-33-25-17-13-12-16-23(25)28(4,5)6/h9-17,21,24H,7-8,18-20H2,1-6H3,(H,29,32)/t21-,24+/m0/s1. The molecule has 2 aromatic carbocycles. The topological polar surface area (TPSA) is 58.6 Å². The molecule has 5 nitrogen and oxygen atoms in total. The largest absolute Gasteiger partial charge is 0.483 e. The van der Waals surface area contributed by atoms with Crippen molar-refractivity contribution in [3.63, 3.8) is 0 Å². The first-order chi connectivity index (χ1) is 15.7. The second kappa shape index (κ2) is 12.4. The van der Waals surface area contributed by atoms with Gasteiger partial charge in [-0.25, -0.2) is 0 Å². The van der Waals surface area contributed by atoms with E-state index in [4.69, 9.17) is 4.74 Å². The summed E-state index contributed by atoms with van der Waals surface area (Å²) in [4.78, 5) is 28.1. The van der Waals surface area contributed by atoms with Crippen molar-refractivity contribution in [1.82, 2.24) is 10.2 Å². The molecule has 2 aromatic rings. The van der Waals surface area contributed by atoms with Crippen LogP contribution in [0.3, 0.4) is 0 Å². The van der Waals surface area contributed by atoms with Gasteiger partial charge in [-0.15, -0.1) is 0 Å². The third-order valence-electron chi connectivity index (χ3n) is 5.92. The van der Waals surface area contributed by atoms with Crippen molar-refractivity contribution in [1.29, 1.82) is 0 Å². The van der Waals surface area contributed by atoms with Crippen molar-refractivity contribution in [2.24, 2.45) is 0 Å². The van der Waals surface area contributed by atoms with E-state index in [0.717, 1.165) is 17.5 Å². The second-order valence-electron chi connectivity index (χ2n) is 9.60. The van der Waals surface area contributed by atoms with Crippen LogP contribution in [0.15, 0.2) is 54.6 Å². The van der Waals surface area contributed by atoms with Crippen LogP contribution in [0.25, 0.3) is 0 Å². The van der Waals surface area contributed by atoms with Crippen LogP contribution in [0.5, 0.6) is 5.75 Å². The van der Waals surface area contributed by atoms with Gasteiger partial charge in [0.2, 0.25) is 5.91 Å². The number of hydrogen-bond acceptors (Lipinski definition) is 3. The van der Waals surface area contributed by atoms with Gasteiger partial charge in [0.25, 0.3) is 5.91 Å². The van der Waals surface area contributed by atoms with E-state index in [1.807, 2.05) is 75.4 Å². The zero-order valence-corrected chi connectivity index (χ0v) is 21.1. The van der Waals surface area contributed by atoms with E-state index in [9.17, 15) is 9.59 Å². The number of benzene rings is 2. The number of nitrogens with one attached hydrogen (secondary N) is 1. The number of nitrogens with zero attached hydrogens (tertiary/aromatic N) is 1. The van der Waals surface area contributed by atoms with Crippen LogP contribution >= 0.6 is 0 Å². The lowest BCUT2D eigenvalue weighted by Gasteiger charge is -2.31. The van der Waals surface area contributed by atoms with Crippen LogP contribution in [0, 0.1) is 0 Å². The molecule has 0 aromatic heterocycles. The highest BCUT2D eigenvalue weighted by atomic mass is 16.5. The average molecular weight is 453 g/mol. The fourth-order valence-electron chi connectivity index (χ4n) is 3.77. The molecule has 2 rings (SSSR count). The lowest BCUT2D eigenvalue weighted by molar-refractivity contribution is -0.142. The summed E-state index contributed by atoms with van der Waals surface area (Å²) in [5.74, 6) is 0.419. The Labute approximate surface area is 199 Å². The molecular formula is C28H40N2O3. The minimum Gasteiger partial charge on any atom is -0.483 e. The molecule has 0 spiro atoms. The van der Waals surface area contributed by atoms with Crippen LogP contribution in [-0.2, 0) is 21.4 Å². The Kier molecular flexibility index (Phi) is 9.95. The Balaban J connectivity index is 2.21. The second-order valence-corrected chi connectivity index (χ2v) is 9.60. The van der Waals surface area contributed by atoms with Crippen molar-refractivity contribution in [2.45, 2.75) is 78.3 Å². The first-order valence-electron chi connectivity index (χ1n) is 12.0. The Hall–Kier alpha value is -2.82. The number of carbonyl (C=O) groups is 2. The molecule has 0 aliphatic rings. The van der Waals surface area contributed by atoms with E-state index in [-0.39, 0.29) is 29.9 Å². The van der Waals surface area contributed by atoms with E-state index in [2.05, 4.69) is 26.1 Å². The van der Waals surface area contributed by atoms with Gasteiger partial charge in [-0.2, -0.15) is 0 Å². The number of rotatable bonds is 11. The molecule has 2 amide bonds. The molecule has 5 heteroatoms. The van der Waals surface area contributed by atoms with Crippen molar-refractivity contribution >= 4 is 11.8 Å². The number of amides is 2. The summed E-state index contributed by atoms with van der Waals surface area (Å²) < 4.78 is 6.01. The van der Waals surface area contributed by atoms with Crippen molar-refractivity contribution in [3.8, 4) is 5.75 Å². The first-order valence-corrected chi connectivity index (χ1v) is 12.0. The molecule has 180 valence electrons. The van der Waals surface area contributed by atoms with E-state index >= 15 is 0 Å². The van der Waals surface area contributed by atoms with Gasteiger partial charge in [-0.1, -0.05) is 83.1 Å². The number of hydrogen-bond donors (Lipinski definition) is 1. The van der Waals surface area contributed by atoms with Crippen LogP contribution in [0.4, 0.5) is 0 Å². The minimum absolute atomic E-state index is 0.0625. The van der Waals surface area contributed by atoms with Crippen molar-refractivity contribution in [3.05, 3.63) is 65.7 Å². The van der Waals surface area contributed by atoms with E-state index in [1.54, 1.807) is 4.90 Å². The normalized spacial score (nSPS) is 13.2. The SMILES string of the molecule is CC[C@H](C(=O)N[C@@H](C)CC)N(CCc1ccccc1)C(=O)COc1ccccc1C(C)(C)C. The van der Waals surface area contributed by atoms with E-state index in [0.29, 0.717) is 25.1 Å². The zero-order chi connectivity index (χ0) is 24.4. The highest BCUT2D eigenvalue weighted by Gasteiger charge is 2.29. The maximum Gasteiger partial charge on any atom is 0.261 e. The molecule has 0 aliphatic carbocycles. The number of para-hydroxylation sites is 1. The van der Waals surface area contributed by atoms with Crippen LogP contribution in [-0.4, -0.2) is 41.9 Å². The summed E-state index contributed by atoms with van der Waals surface area (Å²) in [5.41, 5.74) is 2.08. The van der Waals surface area contributed by atoms with Gasteiger partial charge in [-0.3, -0.25) is 9.59 Å². The molecule has 0 heterocycles. The maximum atomic E-state index is 13.4. The summed E-state index contributed by atoms with van der Waals surface area (Å²) in [7, 11) is 0. The van der Waals surface area contributed by atoms with E-state index < -0.39 is 6.04 Å². The molecule has 0 unspecified atom stereocenters. The van der Waals surface area contributed by atoms with Gasteiger partial charge in [0.15, 0.2) is 6.61 Å². The van der Waals surface area contributed by atoms with Crippen molar-refractivity contribution in [2.75, 3.05) is 13.2 Å². The van der Waals surface area contributed by atoms with E-state index in [1.165, 1.54) is 0 Å². The quantitative estimate of drug-likeness (QED) is 0.514. The molecule has 0 saturated carbocycles. The Morgan fingerprint density at radius 2 is 1.61 bits per heavy atom. The van der Waals surface area contributed by atoms with Gasteiger partial charge >= 0.3 is 0 Å². The van der Waals surface area contributed by atoms with Crippen LogP contribution < -0.4 is 10.1 Å². The van der Waals surface area contributed by atoms with Crippen LogP contribution in [0.2, 0.25) is 0 Å². The number of carbonyl (C=O) groups excluding carboxylic acids is 2. The van der Waals surface area contributed by atoms with Crippen molar-refractivity contribution < 1.29 is 14.3 Å². The van der Waals surface area contributed by atoms with Gasteiger partial charge in [-0.05, 0) is 48.8 Å². The zero-order valence-electron chi connectivity index (χ0n) is 21.1. The van der Waals surface area contributed by atoms with Gasteiger partial charge in [0.05, 0.1) is 0 Å². The number of ether oxygens (including phenoxy) is 1. The maximum absolute atomic E-state index is 13.4. The summed E-state index contributed by atoms with van der Waals surface area (Å²) in [6.45, 7) is 12.7. The molecular weight excluding hydrogens is 412 g/mol. The van der Waals surface area contributed by atoms with Gasteiger partial charge in [0, 0.05) is 12.6 Å². The Bertz CT molecular complexity index is 890. The predicted octanol–water partition coefficient (Wildman–Crippen LogP) is 5.13. The molecule has 0 fully saturated rings. The Morgan fingerprint density at radius 1 is 0.970 bits per heavy atom. The summed E-state index contributed by atoms with van der Waals surface area (Å²) >= 11 is 0. The lowest BCUT2D eigenvalue weighted by Crippen LogP contribution is -2.52. The molecule has 2 atom stereocenters. The third-order valence-corrected chi connectivity index (χ3v) is 5.92. The minimum atomic E-state index is -0.531. The molecule has 0 aliphatic heterocycles. The lowest BCUT2D eigenvalue weighted by atomic mass is 9.86. The summed E-state index contributed by atoms with van der Waals surface area (Å²) in [6.07, 6.45) is 2.06. The molecule has 0 saturated heterocycles. The predicted molar refractivity (Wildman–Crippen MR) is 134 cm³/mol. The highest BCUT2D eigenvalue weighted by Crippen LogP contribution is 2.31. The van der Waals surface area contributed by atoms with Crippen LogP contribution in [0.1, 0.15) is 65.5 Å². The molecule has 33 heavy (non-hydrogen) atoms. The Morgan fingerprint density at radius 3 is 2.21 bits per heavy atom. The van der Waals surface area contributed by atoms with Gasteiger partial charge < -0.3 is 15.0 Å². The average Bonchev–Trinajstić information content (AvgIpc) is 2.80. The first kappa shape index (κ1) is 26.4. The molecule has 0 bridgehead atoms. The summed E-state index contributed by atoms with van der Waals surface area (Å²) in [5, 5.41) is 3.04. The monoisotopic (exact) mass is 452 g/mol. The highest BCUT2D eigenvalue weighted by molar-refractivity contribution is 5.88. The summed E-state index contributed by atoms with van der Waals surface area (Å²) in [6, 6.07) is 17.4.